The zero-order valence-electron chi connectivity index (χ0n) is 6.49. The third-order valence-electron chi connectivity index (χ3n) is 0.402. The summed E-state index contributed by atoms with van der Waals surface area (Å²) in [6, 6.07) is 0. The van der Waals surface area contributed by atoms with Gasteiger partial charge < -0.3 is 27.1 Å². The molecule has 0 heterocycles. The molecule has 7 N–H and O–H groups in total. The van der Waals surface area contributed by atoms with Gasteiger partial charge in [0.25, 0.3) is 10.3 Å². The molecule has 0 aliphatic heterocycles. The minimum absolute atomic E-state index is 0. The molecule has 0 aliphatic carbocycles. The first-order chi connectivity index (χ1) is 4.54. The first-order valence-electron chi connectivity index (χ1n) is 2.21. The number of ether oxygens (including phenoxy) is 2. The summed E-state index contributed by atoms with van der Waals surface area (Å²) in [7, 11) is 2.87. The van der Waals surface area contributed by atoms with E-state index >= 15 is 0 Å². The molecular weight excluding hydrogens is 209 g/mol. The molecule has 0 rings (SSSR count). The van der Waals surface area contributed by atoms with Gasteiger partial charge in [0.05, 0.1) is 14.2 Å². The van der Waals surface area contributed by atoms with Gasteiger partial charge in [-0.05, 0) is 24.4 Å². The second-order valence-corrected chi connectivity index (χ2v) is 1.85. The first kappa shape index (κ1) is 22.8. The van der Waals surface area contributed by atoms with Gasteiger partial charge in [0.15, 0.2) is 0 Å². The SMILES string of the molecule is COC(N)=S.COC(N)=S.N.[NaH]. The van der Waals surface area contributed by atoms with E-state index in [-0.39, 0.29) is 46.1 Å². The summed E-state index contributed by atoms with van der Waals surface area (Å²) in [5.41, 5.74) is 9.60. The van der Waals surface area contributed by atoms with Gasteiger partial charge in [-0.1, -0.05) is 0 Å². The molecule has 70 valence electrons. The van der Waals surface area contributed by atoms with Crippen LogP contribution in [0.15, 0.2) is 0 Å². The van der Waals surface area contributed by atoms with Gasteiger partial charge in [-0.3, -0.25) is 0 Å². The van der Waals surface area contributed by atoms with Gasteiger partial charge in [-0.2, -0.15) is 0 Å². The van der Waals surface area contributed by atoms with Crippen molar-refractivity contribution >= 4 is 64.3 Å². The van der Waals surface area contributed by atoms with E-state index in [4.69, 9.17) is 11.5 Å². The van der Waals surface area contributed by atoms with Crippen molar-refractivity contribution < 1.29 is 9.47 Å². The van der Waals surface area contributed by atoms with Crippen LogP contribution in [0.1, 0.15) is 0 Å². The molecule has 0 saturated carbocycles. The molecule has 0 aromatic carbocycles. The maximum absolute atomic E-state index is 4.80. The van der Waals surface area contributed by atoms with Crippen molar-refractivity contribution in [3.8, 4) is 0 Å². The Balaban J connectivity index is -0.0000000457. The van der Waals surface area contributed by atoms with Crippen LogP contribution in [0.2, 0.25) is 0 Å². The number of thiocarbonyl (C=S) groups is 2. The van der Waals surface area contributed by atoms with E-state index in [2.05, 4.69) is 33.9 Å². The van der Waals surface area contributed by atoms with Crippen molar-refractivity contribution in [1.29, 1.82) is 0 Å². The third kappa shape index (κ3) is 47.9. The van der Waals surface area contributed by atoms with Crippen LogP contribution >= 0.6 is 24.4 Å². The molecule has 0 aromatic heterocycles. The molecule has 8 heteroatoms. The minimum atomic E-state index is 0. The fourth-order valence-corrected chi connectivity index (χ4v) is 0. The van der Waals surface area contributed by atoms with Gasteiger partial charge in [0.1, 0.15) is 0 Å². The Bertz CT molecular complexity index is 111. The van der Waals surface area contributed by atoms with Crippen LogP contribution in [-0.2, 0) is 9.47 Å². The van der Waals surface area contributed by atoms with E-state index in [0.29, 0.717) is 0 Å². The van der Waals surface area contributed by atoms with E-state index in [1.807, 2.05) is 0 Å². The summed E-state index contributed by atoms with van der Waals surface area (Å²) in [4.78, 5) is 0. The molecule has 12 heavy (non-hydrogen) atoms. The van der Waals surface area contributed by atoms with Crippen molar-refractivity contribution in [2.75, 3.05) is 14.2 Å². The predicted molar refractivity (Wildman–Crippen MR) is 59.8 cm³/mol. The monoisotopic (exact) mass is 223 g/mol. The fourth-order valence-electron chi connectivity index (χ4n) is 0. The van der Waals surface area contributed by atoms with Crippen LogP contribution in [-0.4, -0.2) is 54.1 Å². The predicted octanol–water partition coefficient (Wildman–Crippen LogP) is -0.734. The topological polar surface area (TPSA) is 106 Å². The number of hydrogen-bond acceptors (Lipinski definition) is 5. The Morgan fingerprint density at radius 2 is 1.08 bits per heavy atom. The molecule has 0 aliphatic rings. The van der Waals surface area contributed by atoms with E-state index < -0.39 is 0 Å². The van der Waals surface area contributed by atoms with Crippen molar-refractivity contribution in [2.24, 2.45) is 11.5 Å². The van der Waals surface area contributed by atoms with Gasteiger partial charge >= 0.3 is 29.6 Å². The average molecular weight is 223 g/mol. The molecule has 0 radical (unpaired) electrons. The Morgan fingerprint density at radius 3 is 1.08 bits per heavy atom. The average Bonchev–Trinajstić information content (AvgIpc) is 1.89. The van der Waals surface area contributed by atoms with Crippen LogP contribution in [0.5, 0.6) is 0 Å². The van der Waals surface area contributed by atoms with Gasteiger partial charge in [0, 0.05) is 0 Å². The van der Waals surface area contributed by atoms with Gasteiger partial charge in [0.2, 0.25) is 0 Å². The molecule has 0 aromatic rings. The van der Waals surface area contributed by atoms with Crippen LogP contribution in [0.25, 0.3) is 0 Å². The Morgan fingerprint density at radius 1 is 1.00 bits per heavy atom. The summed E-state index contributed by atoms with van der Waals surface area (Å²) in [6.45, 7) is 0. The van der Waals surface area contributed by atoms with Crippen molar-refractivity contribution in [2.45, 2.75) is 0 Å². The summed E-state index contributed by atoms with van der Waals surface area (Å²) >= 11 is 8.50. The Kier molecular flexibility index (Phi) is 33.1. The molecule has 0 spiro atoms. The quantitative estimate of drug-likeness (QED) is 0.367. The number of rotatable bonds is 0. The molecule has 0 atom stereocenters. The first-order valence-corrected chi connectivity index (χ1v) is 3.03. The molecule has 0 unspecified atom stereocenters. The zero-order chi connectivity index (χ0) is 8.57. The molecule has 0 amide bonds. The summed E-state index contributed by atoms with van der Waals surface area (Å²) in [6.07, 6.45) is 0. The second-order valence-electron chi connectivity index (χ2n) is 1.05. The van der Waals surface area contributed by atoms with E-state index in [1.54, 1.807) is 0 Å². The normalized spacial score (nSPS) is 5.50. The summed E-state index contributed by atoms with van der Waals surface area (Å²) < 4.78 is 8.52. The van der Waals surface area contributed by atoms with E-state index in [0.717, 1.165) is 0 Å². The van der Waals surface area contributed by atoms with Gasteiger partial charge in [-0.25, -0.2) is 0 Å². The zero-order valence-corrected chi connectivity index (χ0v) is 8.13. The summed E-state index contributed by atoms with van der Waals surface area (Å²) in [5, 5.41) is 0.176. The second kappa shape index (κ2) is 17.4. The molecule has 0 bridgehead atoms. The molecular formula is C4H14N3NaO2S2. The maximum atomic E-state index is 4.80. The Labute approximate surface area is 105 Å². The van der Waals surface area contributed by atoms with Gasteiger partial charge in [-0.15, -0.1) is 0 Å². The molecule has 0 saturated heterocycles. The number of hydrogen-bond donors (Lipinski definition) is 3. The Hall–Kier alpha value is 0.340. The van der Waals surface area contributed by atoms with Crippen LogP contribution < -0.4 is 17.6 Å². The molecule has 0 fully saturated rings. The van der Waals surface area contributed by atoms with Crippen LogP contribution in [0.4, 0.5) is 0 Å². The number of nitrogens with two attached hydrogens (primary N) is 2. The summed E-state index contributed by atoms with van der Waals surface area (Å²) in [5.74, 6) is 0. The standard InChI is InChI=1S/2C2H5NOS.H3N.Na.H/c2*1-4-2(3)5;;;/h2*1H3,(H2,3,5);1H3;;. The van der Waals surface area contributed by atoms with Crippen molar-refractivity contribution in [1.82, 2.24) is 6.15 Å². The van der Waals surface area contributed by atoms with Crippen molar-refractivity contribution in [3.63, 3.8) is 0 Å². The van der Waals surface area contributed by atoms with E-state index in [9.17, 15) is 0 Å². The van der Waals surface area contributed by atoms with Crippen LogP contribution in [0, 0.1) is 0 Å². The fraction of sp³-hybridized carbons (Fsp3) is 0.500. The van der Waals surface area contributed by atoms with Crippen molar-refractivity contribution in [3.05, 3.63) is 0 Å². The van der Waals surface area contributed by atoms with E-state index in [1.165, 1.54) is 14.2 Å². The van der Waals surface area contributed by atoms with Crippen LogP contribution in [0.3, 0.4) is 0 Å². The molecule has 5 nitrogen and oxygen atoms in total. The number of methoxy groups -OCH3 is 2. The third-order valence-corrected chi connectivity index (χ3v) is 0.736.